The highest BCUT2D eigenvalue weighted by molar-refractivity contribution is 7.22. The van der Waals surface area contributed by atoms with Crippen molar-refractivity contribution < 1.29 is 0 Å². The second-order valence-electron chi connectivity index (χ2n) is 5.91. The molecule has 0 saturated carbocycles. The van der Waals surface area contributed by atoms with Crippen molar-refractivity contribution in [1.29, 1.82) is 0 Å². The summed E-state index contributed by atoms with van der Waals surface area (Å²) in [5.74, 6) is 0.788. The molecule has 3 nitrogen and oxygen atoms in total. The lowest BCUT2D eigenvalue weighted by molar-refractivity contribution is 0.631. The third kappa shape index (κ3) is 3.17. The van der Waals surface area contributed by atoms with E-state index in [1.807, 2.05) is 18.2 Å². The smallest absolute Gasteiger partial charge is 0.225 e. The molecule has 1 N–H and O–H groups in total. The van der Waals surface area contributed by atoms with Crippen LogP contribution in [-0.4, -0.2) is 15.5 Å². The number of anilines is 1. The van der Waals surface area contributed by atoms with Crippen LogP contribution >= 0.6 is 22.9 Å². The Morgan fingerprint density at radius 3 is 2.48 bits per heavy atom. The minimum Gasteiger partial charge on any atom is -0.365 e. The zero-order valence-corrected chi connectivity index (χ0v) is 13.7. The average Bonchev–Trinajstić information content (AvgIpc) is 2.82. The highest BCUT2D eigenvalue weighted by atomic mass is 35.5. The molecule has 0 fully saturated rings. The lowest BCUT2D eigenvalue weighted by atomic mass is 10.1. The summed E-state index contributed by atoms with van der Waals surface area (Å²) in [5, 5.41) is 4.69. The Bertz CT molecular complexity index is 775. The first-order valence-electron chi connectivity index (χ1n) is 6.73. The number of nitrogens with zero attached hydrogens (tertiary/aromatic N) is 2. The number of fused-ring (bicyclic) bond motifs is 1. The second kappa shape index (κ2) is 5.28. The lowest BCUT2D eigenvalue weighted by Gasteiger charge is -2.21. The summed E-state index contributed by atoms with van der Waals surface area (Å²) in [6, 6.07) is 12.4. The Hall–Kier alpha value is -1.65. The summed E-state index contributed by atoms with van der Waals surface area (Å²) in [7, 11) is 0. The number of hydrogen-bond acceptors (Lipinski definition) is 4. The summed E-state index contributed by atoms with van der Waals surface area (Å²) in [5.41, 5.74) is 1.10. The van der Waals surface area contributed by atoms with Gasteiger partial charge in [0, 0.05) is 10.4 Å². The molecule has 1 aromatic carbocycles. The van der Waals surface area contributed by atoms with Gasteiger partial charge in [-0.25, -0.2) is 9.97 Å². The van der Waals surface area contributed by atoms with E-state index in [1.54, 1.807) is 11.3 Å². The molecule has 21 heavy (non-hydrogen) atoms. The van der Waals surface area contributed by atoms with Crippen LogP contribution in [0.4, 0.5) is 5.82 Å². The summed E-state index contributed by atoms with van der Waals surface area (Å²) in [6.45, 7) is 6.29. The molecule has 2 heterocycles. The van der Waals surface area contributed by atoms with Crippen molar-refractivity contribution in [3.63, 3.8) is 0 Å². The zero-order chi connectivity index (χ0) is 15.0. The predicted molar refractivity (Wildman–Crippen MR) is 91.2 cm³/mol. The maximum absolute atomic E-state index is 6.05. The SMILES string of the molecule is CC(C)(C)Nc1nc(Cl)nc2sc(-c3ccccc3)cc12. The Balaban J connectivity index is 2.15. The van der Waals surface area contributed by atoms with Crippen LogP contribution in [0.3, 0.4) is 0 Å². The molecule has 0 amide bonds. The molecule has 0 bridgehead atoms. The normalized spacial score (nSPS) is 11.8. The van der Waals surface area contributed by atoms with Gasteiger partial charge in [0.25, 0.3) is 0 Å². The molecule has 0 unspecified atom stereocenters. The third-order valence-corrected chi connectivity index (χ3v) is 4.16. The molecule has 0 saturated heterocycles. The van der Waals surface area contributed by atoms with Crippen LogP contribution < -0.4 is 5.32 Å². The van der Waals surface area contributed by atoms with E-state index in [1.165, 1.54) is 10.4 Å². The third-order valence-electron chi connectivity index (χ3n) is 2.92. The Kier molecular flexibility index (Phi) is 3.59. The van der Waals surface area contributed by atoms with Crippen LogP contribution in [0.15, 0.2) is 36.4 Å². The van der Waals surface area contributed by atoms with Crippen LogP contribution in [0.2, 0.25) is 5.28 Å². The molecule has 0 radical (unpaired) electrons. The molecule has 108 valence electrons. The first-order valence-corrected chi connectivity index (χ1v) is 7.92. The van der Waals surface area contributed by atoms with E-state index >= 15 is 0 Å². The molecule has 0 atom stereocenters. The maximum Gasteiger partial charge on any atom is 0.225 e. The fourth-order valence-corrected chi connectivity index (χ4v) is 3.35. The van der Waals surface area contributed by atoms with Crippen LogP contribution in [0, 0.1) is 0 Å². The number of hydrogen-bond donors (Lipinski definition) is 1. The summed E-state index contributed by atoms with van der Waals surface area (Å²) < 4.78 is 0. The van der Waals surface area contributed by atoms with Gasteiger partial charge in [0.05, 0.1) is 5.39 Å². The van der Waals surface area contributed by atoms with Gasteiger partial charge in [0.15, 0.2) is 0 Å². The molecule has 3 rings (SSSR count). The average molecular weight is 318 g/mol. The van der Waals surface area contributed by atoms with E-state index in [0.717, 1.165) is 16.0 Å². The van der Waals surface area contributed by atoms with E-state index in [-0.39, 0.29) is 10.8 Å². The molecular weight excluding hydrogens is 302 g/mol. The van der Waals surface area contributed by atoms with Crippen molar-refractivity contribution in [1.82, 2.24) is 9.97 Å². The van der Waals surface area contributed by atoms with Gasteiger partial charge < -0.3 is 5.32 Å². The van der Waals surface area contributed by atoms with Gasteiger partial charge in [0.2, 0.25) is 5.28 Å². The maximum atomic E-state index is 6.05. The fourth-order valence-electron chi connectivity index (χ4n) is 2.09. The predicted octanol–water partition coefficient (Wildman–Crippen LogP) is 5.22. The minimum absolute atomic E-state index is 0.0839. The number of rotatable bonds is 2. The largest absolute Gasteiger partial charge is 0.365 e. The van der Waals surface area contributed by atoms with Gasteiger partial charge in [-0.1, -0.05) is 30.3 Å². The van der Waals surface area contributed by atoms with Crippen LogP contribution in [0.25, 0.3) is 20.7 Å². The van der Waals surface area contributed by atoms with E-state index in [4.69, 9.17) is 11.6 Å². The van der Waals surface area contributed by atoms with Crippen molar-refractivity contribution >= 4 is 39.0 Å². The monoisotopic (exact) mass is 317 g/mol. The van der Waals surface area contributed by atoms with Gasteiger partial charge in [-0.3, -0.25) is 0 Å². The molecule has 2 aromatic heterocycles. The number of aromatic nitrogens is 2. The van der Waals surface area contributed by atoms with Crippen molar-refractivity contribution in [2.45, 2.75) is 26.3 Å². The highest BCUT2D eigenvalue weighted by Gasteiger charge is 2.16. The number of halogens is 1. The molecule has 5 heteroatoms. The van der Waals surface area contributed by atoms with Crippen molar-refractivity contribution in [2.75, 3.05) is 5.32 Å². The van der Waals surface area contributed by atoms with Gasteiger partial charge in [-0.05, 0) is 44.0 Å². The number of nitrogens with one attached hydrogen (secondary N) is 1. The standard InChI is InChI=1S/C16H16ClN3S/c1-16(2,3)20-13-11-9-12(10-7-5-4-6-8-10)21-14(11)19-15(17)18-13/h4-9H,1-3H3,(H,18,19,20). The molecular formula is C16H16ClN3S. The topological polar surface area (TPSA) is 37.8 Å². The van der Waals surface area contributed by atoms with Gasteiger partial charge in [0.1, 0.15) is 10.6 Å². The summed E-state index contributed by atoms with van der Waals surface area (Å²) in [4.78, 5) is 10.8. The summed E-state index contributed by atoms with van der Waals surface area (Å²) in [6.07, 6.45) is 0. The lowest BCUT2D eigenvalue weighted by Crippen LogP contribution is -2.26. The van der Waals surface area contributed by atoms with E-state index in [2.05, 4.69) is 54.3 Å². The van der Waals surface area contributed by atoms with Gasteiger partial charge >= 0.3 is 0 Å². The number of thiophene rings is 1. The first-order chi connectivity index (χ1) is 9.92. The van der Waals surface area contributed by atoms with Gasteiger partial charge in [-0.15, -0.1) is 11.3 Å². The van der Waals surface area contributed by atoms with E-state index < -0.39 is 0 Å². The molecule has 3 aromatic rings. The quantitative estimate of drug-likeness (QED) is 0.658. The molecule has 0 spiro atoms. The number of benzene rings is 1. The Morgan fingerprint density at radius 1 is 1.10 bits per heavy atom. The van der Waals surface area contributed by atoms with E-state index in [9.17, 15) is 0 Å². The first kappa shape index (κ1) is 14.3. The van der Waals surface area contributed by atoms with Crippen LogP contribution in [0.5, 0.6) is 0 Å². The van der Waals surface area contributed by atoms with Crippen molar-refractivity contribution in [3.05, 3.63) is 41.7 Å². The van der Waals surface area contributed by atoms with Gasteiger partial charge in [-0.2, -0.15) is 0 Å². The molecule has 0 aliphatic carbocycles. The molecule has 0 aliphatic rings. The minimum atomic E-state index is -0.0839. The Morgan fingerprint density at radius 2 is 1.81 bits per heavy atom. The van der Waals surface area contributed by atoms with Crippen LogP contribution in [-0.2, 0) is 0 Å². The molecule has 0 aliphatic heterocycles. The van der Waals surface area contributed by atoms with Crippen molar-refractivity contribution in [2.24, 2.45) is 0 Å². The van der Waals surface area contributed by atoms with Crippen molar-refractivity contribution in [3.8, 4) is 10.4 Å². The fraction of sp³-hybridized carbons (Fsp3) is 0.250. The highest BCUT2D eigenvalue weighted by Crippen LogP contribution is 2.36. The van der Waals surface area contributed by atoms with Crippen LogP contribution in [0.1, 0.15) is 20.8 Å². The Labute approximate surface area is 133 Å². The zero-order valence-electron chi connectivity index (χ0n) is 12.1. The van der Waals surface area contributed by atoms with E-state index in [0.29, 0.717) is 0 Å². The summed E-state index contributed by atoms with van der Waals surface area (Å²) >= 11 is 7.68. The second-order valence-corrected chi connectivity index (χ2v) is 7.28.